The number of hydrogen-bond donors (Lipinski definition) is 1. The number of thioether (sulfide) groups is 1. The number of rotatable bonds is 7. The molecule has 1 atom stereocenters. The van der Waals surface area contributed by atoms with E-state index >= 15 is 0 Å². The van der Waals surface area contributed by atoms with Crippen molar-refractivity contribution >= 4 is 33.2 Å². The third-order valence-corrected chi connectivity index (χ3v) is 5.04. The minimum Gasteiger partial charge on any atom is -0.310 e. The van der Waals surface area contributed by atoms with Crippen LogP contribution < -0.4 is 5.32 Å². The first-order valence-electron chi connectivity index (χ1n) is 6.06. The minimum atomic E-state index is -3.25. The topological polar surface area (TPSA) is 46.2 Å². The molecule has 0 aliphatic rings. The van der Waals surface area contributed by atoms with Crippen molar-refractivity contribution in [1.82, 2.24) is 5.32 Å². The molecule has 0 saturated heterocycles. The van der Waals surface area contributed by atoms with Crippen LogP contribution in [0.25, 0.3) is 0 Å². The van der Waals surface area contributed by atoms with Crippen molar-refractivity contribution in [3.63, 3.8) is 0 Å². The minimum absolute atomic E-state index is 0.310. The average Bonchev–Trinajstić information content (AvgIpc) is 2.33. The fourth-order valence-electron chi connectivity index (χ4n) is 1.73. The summed E-state index contributed by atoms with van der Waals surface area (Å²) >= 11 is 7.91. The van der Waals surface area contributed by atoms with Gasteiger partial charge in [0.25, 0.3) is 0 Å². The zero-order chi connectivity index (χ0) is 14.5. The molecule has 0 radical (unpaired) electrons. The van der Waals surface area contributed by atoms with Crippen LogP contribution in [-0.2, 0) is 16.4 Å². The van der Waals surface area contributed by atoms with Gasteiger partial charge in [-0.05, 0) is 37.5 Å². The lowest BCUT2D eigenvalue weighted by Crippen LogP contribution is -2.27. The van der Waals surface area contributed by atoms with Gasteiger partial charge in [0, 0.05) is 29.4 Å². The second kappa shape index (κ2) is 7.53. The van der Waals surface area contributed by atoms with Crippen molar-refractivity contribution < 1.29 is 8.42 Å². The molecule has 0 aliphatic heterocycles. The van der Waals surface area contributed by atoms with E-state index in [0.29, 0.717) is 28.1 Å². The van der Waals surface area contributed by atoms with Gasteiger partial charge in [-0.25, -0.2) is 8.42 Å². The maximum Gasteiger partial charge on any atom is 0.175 e. The summed E-state index contributed by atoms with van der Waals surface area (Å²) in [6.45, 7) is 2.56. The highest BCUT2D eigenvalue weighted by molar-refractivity contribution is 7.98. The van der Waals surface area contributed by atoms with Gasteiger partial charge in [0.15, 0.2) is 9.84 Å². The molecule has 0 amide bonds. The second-order valence-corrected chi connectivity index (χ2v) is 7.93. The van der Waals surface area contributed by atoms with Gasteiger partial charge in [0.2, 0.25) is 0 Å². The molecular weight excluding hydrogens is 302 g/mol. The van der Waals surface area contributed by atoms with Gasteiger partial charge in [0.05, 0.1) is 4.90 Å². The summed E-state index contributed by atoms with van der Waals surface area (Å²) in [6, 6.07) is 5.32. The first-order valence-corrected chi connectivity index (χ1v) is 9.72. The van der Waals surface area contributed by atoms with Gasteiger partial charge in [-0.3, -0.25) is 0 Å². The zero-order valence-electron chi connectivity index (χ0n) is 11.4. The normalized spacial score (nSPS) is 13.5. The first kappa shape index (κ1) is 16.8. The molecule has 1 aromatic carbocycles. The van der Waals surface area contributed by atoms with Crippen LogP contribution >= 0.6 is 23.4 Å². The van der Waals surface area contributed by atoms with E-state index in [1.54, 1.807) is 30.0 Å². The van der Waals surface area contributed by atoms with Crippen molar-refractivity contribution in [1.29, 1.82) is 0 Å². The highest BCUT2D eigenvalue weighted by Crippen LogP contribution is 2.24. The Balaban J connectivity index is 2.83. The Morgan fingerprint density at radius 3 is 2.68 bits per heavy atom. The van der Waals surface area contributed by atoms with Gasteiger partial charge in [-0.15, -0.1) is 0 Å². The summed E-state index contributed by atoms with van der Waals surface area (Å²) in [7, 11) is -3.25. The Morgan fingerprint density at radius 1 is 1.42 bits per heavy atom. The fraction of sp³-hybridized carbons (Fsp3) is 0.538. The molecule has 0 bridgehead atoms. The molecule has 0 heterocycles. The van der Waals surface area contributed by atoms with Gasteiger partial charge >= 0.3 is 0 Å². The standard InChI is InChI=1S/C13H20ClNO2S2/c1-10(7-8-18-2)15-9-11-12(14)5-4-6-13(11)19(3,16)17/h4-6,10,15H,7-9H2,1-3H3. The Hall–Kier alpha value is -0.230. The number of hydrogen-bond acceptors (Lipinski definition) is 4. The molecular formula is C13H20ClNO2S2. The molecule has 19 heavy (non-hydrogen) atoms. The van der Waals surface area contributed by atoms with Crippen molar-refractivity contribution in [2.45, 2.75) is 30.8 Å². The summed E-state index contributed by atoms with van der Waals surface area (Å²) in [4.78, 5) is 0.310. The predicted octanol–water partition coefficient (Wildman–Crippen LogP) is 2.97. The van der Waals surface area contributed by atoms with E-state index < -0.39 is 9.84 Å². The van der Waals surface area contributed by atoms with E-state index in [9.17, 15) is 8.42 Å². The SMILES string of the molecule is CSCCC(C)NCc1c(Cl)cccc1S(C)(=O)=O. The van der Waals surface area contributed by atoms with Crippen LogP contribution in [0.5, 0.6) is 0 Å². The van der Waals surface area contributed by atoms with Crippen LogP contribution in [-0.4, -0.2) is 32.7 Å². The van der Waals surface area contributed by atoms with Crippen LogP contribution in [0.2, 0.25) is 5.02 Å². The fourth-order valence-corrected chi connectivity index (χ4v) is 3.57. The van der Waals surface area contributed by atoms with Crippen molar-refractivity contribution in [2.24, 2.45) is 0 Å². The predicted molar refractivity (Wildman–Crippen MR) is 83.9 cm³/mol. The summed E-state index contributed by atoms with van der Waals surface area (Å²) in [5, 5.41) is 3.82. The maximum atomic E-state index is 11.7. The summed E-state index contributed by atoms with van der Waals surface area (Å²) in [5.74, 6) is 1.08. The number of sulfone groups is 1. The lowest BCUT2D eigenvalue weighted by Gasteiger charge is -2.16. The van der Waals surface area contributed by atoms with E-state index in [4.69, 9.17) is 11.6 Å². The van der Waals surface area contributed by atoms with E-state index in [1.165, 1.54) is 6.26 Å². The number of benzene rings is 1. The van der Waals surface area contributed by atoms with Crippen molar-refractivity contribution in [2.75, 3.05) is 18.3 Å². The summed E-state index contributed by atoms with van der Waals surface area (Å²) in [6.07, 6.45) is 4.32. The molecule has 1 unspecified atom stereocenters. The molecule has 108 valence electrons. The molecule has 0 aromatic heterocycles. The lowest BCUT2D eigenvalue weighted by atomic mass is 10.2. The van der Waals surface area contributed by atoms with Crippen molar-refractivity contribution in [3.05, 3.63) is 28.8 Å². The molecule has 0 aliphatic carbocycles. The van der Waals surface area contributed by atoms with E-state index in [-0.39, 0.29) is 0 Å². The molecule has 1 rings (SSSR count). The van der Waals surface area contributed by atoms with Gasteiger partial charge < -0.3 is 5.32 Å². The monoisotopic (exact) mass is 321 g/mol. The zero-order valence-corrected chi connectivity index (χ0v) is 13.8. The van der Waals surface area contributed by atoms with Crippen molar-refractivity contribution in [3.8, 4) is 0 Å². The molecule has 1 aromatic rings. The number of nitrogens with one attached hydrogen (secondary N) is 1. The van der Waals surface area contributed by atoms with Crippen LogP contribution in [0.3, 0.4) is 0 Å². The Bertz CT molecular complexity index is 517. The second-order valence-electron chi connectivity index (χ2n) is 4.55. The largest absolute Gasteiger partial charge is 0.310 e. The van der Waals surface area contributed by atoms with Crippen LogP contribution in [0.15, 0.2) is 23.1 Å². The Kier molecular flexibility index (Phi) is 6.66. The maximum absolute atomic E-state index is 11.7. The quantitative estimate of drug-likeness (QED) is 0.838. The summed E-state index contributed by atoms with van der Waals surface area (Å²) < 4.78 is 23.5. The summed E-state index contributed by atoms with van der Waals surface area (Å²) in [5.41, 5.74) is 0.655. The van der Waals surface area contributed by atoms with Gasteiger partial charge in [0.1, 0.15) is 0 Å². The molecule has 3 nitrogen and oxygen atoms in total. The molecule has 1 N–H and O–H groups in total. The van der Waals surface area contributed by atoms with E-state index in [0.717, 1.165) is 12.2 Å². The Morgan fingerprint density at radius 2 is 2.11 bits per heavy atom. The third kappa shape index (κ3) is 5.34. The average molecular weight is 322 g/mol. The molecule has 0 fully saturated rings. The first-order chi connectivity index (χ1) is 8.86. The van der Waals surface area contributed by atoms with E-state index in [1.807, 2.05) is 0 Å². The van der Waals surface area contributed by atoms with Crippen LogP contribution in [0, 0.1) is 0 Å². The molecule has 0 spiro atoms. The third-order valence-electron chi connectivity index (χ3n) is 2.86. The van der Waals surface area contributed by atoms with Gasteiger partial charge in [-0.2, -0.15) is 11.8 Å². The number of halogens is 1. The smallest absolute Gasteiger partial charge is 0.175 e. The van der Waals surface area contributed by atoms with Gasteiger partial charge in [-0.1, -0.05) is 17.7 Å². The van der Waals surface area contributed by atoms with E-state index in [2.05, 4.69) is 18.5 Å². The Labute approximate surface area is 125 Å². The van der Waals surface area contributed by atoms with Crippen LogP contribution in [0.1, 0.15) is 18.9 Å². The highest BCUT2D eigenvalue weighted by Gasteiger charge is 2.16. The molecule has 0 saturated carbocycles. The van der Waals surface area contributed by atoms with Crippen LogP contribution in [0.4, 0.5) is 0 Å². The highest BCUT2D eigenvalue weighted by atomic mass is 35.5. The lowest BCUT2D eigenvalue weighted by molar-refractivity contribution is 0.533. The molecule has 6 heteroatoms.